The summed E-state index contributed by atoms with van der Waals surface area (Å²) in [6.45, 7) is 0.384. The molecule has 0 saturated carbocycles. The van der Waals surface area contributed by atoms with Gasteiger partial charge in [-0.25, -0.2) is 9.59 Å². The maximum atomic E-state index is 13.5. The van der Waals surface area contributed by atoms with Gasteiger partial charge in [0.1, 0.15) is 18.2 Å². The molecule has 1 aliphatic carbocycles. The van der Waals surface area contributed by atoms with E-state index in [2.05, 4.69) is 17.4 Å². The Morgan fingerprint density at radius 1 is 1.06 bits per heavy atom. The summed E-state index contributed by atoms with van der Waals surface area (Å²) in [5, 5.41) is 12.6. The summed E-state index contributed by atoms with van der Waals surface area (Å²) in [6.07, 6.45) is 1.76. The molecule has 2 amide bonds. The highest BCUT2D eigenvalue weighted by molar-refractivity contribution is 5.93. The van der Waals surface area contributed by atoms with E-state index >= 15 is 0 Å². The van der Waals surface area contributed by atoms with Gasteiger partial charge in [-0.2, -0.15) is 0 Å². The molecule has 0 spiro atoms. The van der Waals surface area contributed by atoms with Gasteiger partial charge >= 0.3 is 12.1 Å². The number of fused-ring (bicyclic) bond motifs is 5. The Kier molecular flexibility index (Phi) is 6.23. The molecule has 2 N–H and O–H groups in total. The molecule has 5 rings (SSSR count). The van der Waals surface area contributed by atoms with Crippen LogP contribution >= 0.6 is 0 Å². The van der Waals surface area contributed by atoms with Crippen molar-refractivity contribution in [3.8, 4) is 11.1 Å². The maximum absolute atomic E-state index is 13.5. The van der Waals surface area contributed by atoms with Crippen LogP contribution in [0.15, 0.2) is 48.5 Å². The lowest BCUT2D eigenvalue weighted by molar-refractivity contribution is -0.156. The third-order valence-corrected chi connectivity index (χ3v) is 7.79. The molecule has 0 aromatic heterocycles. The van der Waals surface area contributed by atoms with Gasteiger partial charge in [0, 0.05) is 32.1 Å². The van der Waals surface area contributed by atoms with Crippen LogP contribution in [0.3, 0.4) is 0 Å². The van der Waals surface area contributed by atoms with Crippen LogP contribution in [0.5, 0.6) is 0 Å². The van der Waals surface area contributed by atoms with E-state index in [0.29, 0.717) is 25.7 Å². The first-order chi connectivity index (χ1) is 17.0. The van der Waals surface area contributed by atoms with Crippen molar-refractivity contribution in [3.63, 3.8) is 0 Å². The topological polar surface area (TPSA) is 105 Å². The molecule has 2 aliphatic heterocycles. The molecule has 2 aromatic rings. The van der Waals surface area contributed by atoms with Gasteiger partial charge in [-0.05, 0) is 47.9 Å². The molecule has 1 atom stereocenters. The van der Waals surface area contributed by atoms with Crippen LogP contribution in [0.4, 0.5) is 4.79 Å². The van der Waals surface area contributed by atoms with Gasteiger partial charge in [-0.1, -0.05) is 48.5 Å². The third-order valence-electron chi connectivity index (χ3n) is 7.79. The lowest BCUT2D eigenvalue weighted by Crippen LogP contribution is -2.57. The van der Waals surface area contributed by atoms with Crippen LogP contribution in [0.2, 0.25) is 0 Å². The molecule has 2 aromatic carbocycles. The van der Waals surface area contributed by atoms with E-state index in [1.54, 1.807) is 0 Å². The number of benzene rings is 2. The molecule has 0 radical (unpaired) electrons. The number of carboxylic acids is 1. The normalized spacial score (nSPS) is 23.0. The highest BCUT2D eigenvalue weighted by Crippen LogP contribution is 2.47. The van der Waals surface area contributed by atoms with E-state index in [-0.39, 0.29) is 37.5 Å². The molecular weight excluding hydrogens is 448 g/mol. The van der Waals surface area contributed by atoms with Crippen LogP contribution in [0.1, 0.15) is 49.1 Å². The number of methoxy groups -OCH3 is 1. The van der Waals surface area contributed by atoms with Crippen molar-refractivity contribution in [2.75, 3.05) is 20.3 Å². The second kappa shape index (κ2) is 9.34. The van der Waals surface area contributed by atoms with Crippen LogP contribution in [-0.2, 0) is 19.1 Å². The van der Waals surface area contributed by atoms with Gasteiger partial charge in [0.25, 0.3) is 0 Å². The number of rotatable bonds is 8. The number of ether oxygens (including phenoxy) is 2. The number of hydrogen-bond donors (Lipinski definition) is 2. The molecule has 8 heteroatoms. The van der Waals surface area contributed by atoms with Crippen molar-refractivity contribution in [3.05, 3.63) is 59.7 Å². The van der Waals surface area contributed by atoms with Crippen molar-refractivity contribution >= 4 is 18.0 Å². The minimum Gasteiger partial charge on any atom is -0.479 e. The number of aliphatic carboxylic acids is 1. The first kappa shape index (κ1) is 23.4. The SMILES string of the molecule is COCCC(NC(=O)OCC1c2ccccc2-c2ccccc21)C(=O)N1C2CCC1(C(=O)O)CC2. The van der Waals surface area contributed by atoms with Crippen molar-refractivity contribution < 1.29 is 29.0 Å². The second-order valence-corrected chi connectivity index (χ2v) is 9.58. The fourth-order valence-corrected chi connectivity index (χ4v) is 6.08. The van der Waals surface area contributed by atoms with E-state index in [1.807, 2.05) is 36.4 Å². The van der Waals surface area contributed by atoms with E-state index in [0.717, 1.165) is 22.3 Å². The van der Waals surface area contributed by atoms with Crippen molar-refractivity contribution in [2.45, 2.75) is 55.6 Å². The van der Waals surface area contributed by atoms with Crippen LogP contribution in [0, 0.1) is 0 Å². The van der Waals surface area contributed by atoms with E-state index in [9.17, 15) is 19.5 Å². The minimum absolute atomic E-state index is 0.0917. The largest absolute Gasteiger partial charge is 0.479 e. The lowest BCUT2D eigenvalue weighted by Gasteiger charge is -2.33. The van der Waals surface area contributed by atoms with Crippen molar-refractivity contribution in [1.29, 1.82) is 0 Å². The Labute approximate surface area is 204 Å². The number of alkyl carbamates (subject to hydrolysis) is 1. The Bertz CT molecular complexity index is 1090. The third kappa shape index (κ3) is 3.95. The average molecular weight is 479 g/mol. The molecule has 2 saturated heterocycles. The van der Waals surface area contributed by atoms with E-state index in [1.165, 1.54) is 12.0 Å². The second-order valence-electron chi connectivity index (χ2n) is 9.58. The van der Waals surface area contributed by atoms with Gasteiger partial charge in [0.15, 0.2) is 0 Å². The maximum Gasteiger partial charge on any atom is 0.407 e. The number of carbonyl (C=O) groups excluding carboxylic acids is 2. The lowest BCUT2D eigenvalue weighted by atomic mass is 9.88. The first-order valence-corrected chi connectivity index (χ1v) is 12.1. The molecular formula is C27H30N2O6. The summed E-state index contributed by atoms with van der Waals surface area (Å²) in [5.74, 6) is -1.44. The molecule has 1 unspecified atom stereocenters. The fraction of sp³-hybridized carbons (Fsp3) is 0.444. The number of nitrogens with one attached hydrogen (secondary N) is 1. The van der Waals surface area contributed by atoms with Gasteiger partial charge in [-0.3, -0.25) is 4.79 Å². The number of carboxylic acid groups (broad SMARTS) is 1. The van der Waals surface area contributed by atoms with Gasteiger partial charge in [0.05, 0.1) is 0 Å². The molecule has 2 fully saturated rings. The Balaban J connectivity index is 1.29. The minimum atomic E-state index is -1.17. The summed E-state index contributed by atoms with van der Waals surface area (Å²) in [4.78, 5) is 39.9. The molecule has 8 nitrogen and oxygen atoms in total. The quantitative estimate of drug-likeness (QED) is 0.601. The van der Waals surface area contributed by atoms with Crippen LogP contribution in [-0.4, -0.2) is 65.9 Å². The van der Waals surface area contributed by atoms with E-state index in [4.69, 9.17) is 9.47 Å². The van der Waals surface area contributed by atoms with Crippen molar-refractivity contribution in [1.82, 2.24) is 10.2 Å². The van der Waals surface area contributed by atoms with Gasteiger partial charge < -0.3 is 24.8 Å². The number of carbonyl (C=O) groups is 3. The highest BCUT2D eigenvalue weighted by Gasteiger charge is 2.59. The smallest absolute Gasteiger partial charge is 0.407 e. The van der Waals surface area contributed by atoms with Crippen LogP contribution < -0.4 is 5.32 Å². The van der Waals surface area contributed by atoms with Crippen molar-refractivity contribution in [2.24, 2.45) is 0 Å². The zero-order chi connectivity index (χ0) is 24.6. The molecule has 2 bridgehead atoms. The summed E-state index contributed by atoms with van der Waals surface area (Å²) in [6, 6.07) is 15.1. The Morgan fingerprint density at radius 2 is 1.66 bits per heavy atom. The predicted molar refractivity (Wildman–Crippen MR) is 128 cm³/mol. The first-order valence-electron chi connectivity index (χ1n) is 12.1. The zero-order valence-corrected chi connectivity index (χ0v) is 19.7. The predicted octanol–water partition coefficient (Wildman–Crippen LogP) is 3.54. The summed E-state index contributed by atoms with van der Waals surface area (Å²) < 4.78 is 10.8. The fourth-order valence-electron chi connectivity index (χ4n) is 6.08. The Hall–Kier alpha value is -3.39. The zero-order valence-electron chi connectivity index (χ0n) is 19.7. The van der Waals surface area contributed by atoms with E-state index < -0.39 is 23.6 Å². The number of hydrogen-bond acceptors (Lipinski definition) is 5. The number of nitrogens with zero attached hydrogens (tertiary/aromatic N) is 1. The van der Waals surface area contributed by atoms with Gasteiger partial charge in [0.2, 0.25) is 5.91 Å². The van der Waals surface area contributed by atoms with Gasteiger partial charge in [-0.15, -0.1) is 0 Å². The molecule has 35 heavy (non-hydrogen) atoms. The summed E-state index contributed by atoms with van der Waals surface area (Å²) >= 11 is 0. The Morgan fingerprint density at radius 3 is 2.23 bits per heavy atom. The molecule has 3 aliphatic rings. The summed E-state index contributed by atoms with van der Waals surface area (Å²) in [5.41, 5.74) is 3.30. The monoisotopic (exact) mass is 478 g/mol. The number of amides is 2. The van der Waals surface area contributed by atoms with Crippen LogP contribution in [0.25, 0.3) is 11.1 Å². The standard InChI is InChI=1S/C27H30N2O6/c1-34-15-12-23(24(30)29-17-10-13-27(29,14-11-17)25(31)32)28-26(33)35-16-22-20-8-4-2-6-18(20)19-7-3-5-9-21(19)22/h2-9,17,22-23H,10-16H2,1H3,(H,28,33)(H,31,32). The highest BCUT2D eigenvalue weighted by atomic mass is 16.5. The average Bonchev–Trinajstić information content (AvgIpc) is 3.54. The molecule has 2 heterocycles. The summed E-state index contributed by atoms with van der Waals surface area (Å²) in [7, 11) is 1.52. The molecule has 184 valence electrons.